The maximum absolute atomic E-state index is 13.1. The zero-order valence-electron chi connectivity index (χ0n) is 16.2. The van der Waals surface area contributed by atoms with Gasteiger partial charge < -0.3 is 9.87 Å². The fourth-order valence-corrected chi connectivity index (χ4v) is 4.88. The van der Waals surface area contributed by atoms with Crippen LogP contribution in [-0.4, -0.2) is 43.0 Å². The summed E-state index contributed by atoms with van der Waals surface area (Å²) in [6, 6.07) is 2.52. The van der Waals surface area contributed by atoms with Gasteiger partial charge in [-0.1, -0.05) is 11.3 Å². The number of pyridine rings is 1. The number of aliphatic imine (C=N–C) groups is 1. The van der Waals surface area contributed by atoms with Gasteiger partial charge in [-0.3, -0.25) is 0 Å². The van der Waals surface area contributed by atoms with Crippen LogP contribution in [0.4, 0.5) is 24.5 Å². The van der Waals surface area contributed by atoms with Gasteiger partial charge in [0.1, 0.15) is 11.4 Å². The molecule has 0 saturated heterocycles. The highest BCUT2D eigenvalue weighted by Crippen LogP contribution is 2.35. The van der Waals surface area contributed by atoms with Gasteiger partial charge in [0.25, 0.3) is 0 Å². The van der Waals surface area contributed by atoms with Gasteiger partial charge in [0.05, 0.1) is 23.3 Å². The fraction of sp³-hybridized carbons (Fsp3) is 0.278. The molecule has 3 aromatic heterocycles. The first kappa shape index (κ1) is 22.1. The number of nitrogens with one attached hydrogen (secondary N) is 1. The van der Waals surface area contributed by atoms with Crippen molar-refractivity contribution in [3.8, 4) is 10.8 Å². The molecule has 0 aliphatic carbocycles. The Balaban J connectivity index is 2.11. The third-order valence-electron chi connectivity index (χ3n) is 3.89. The van der Waals surface area contributed by atoms with E-state index < -0.39 is 23.0 Å². The lowest BCUT2D eigenvalue weighted by molar-refractivity contribution is -0.141. The minimum absolute atomic E-state index is 0.0519. The molecule has 3 heterocycles. The van der Waals surface area contributed by atoms with Gasteiger partial charge in [-0.2, -0.15) is 13.2 Å². The Hall–Kier alpha value is -2.57. The molecule has 0 aliphatic heterocycles. The van der Waals surface area contributed by atoms with Crippen molar-refractivity contribution >= 4 is 39.6 Å². The Morgan fingerprint density at radius 2 is 1.97 bits per heavy atom. The summed E-state index contributed by atoms with van der Waals surface area (Å²) < 4.78 is 52.3. The first-order chi connectivity index (χ1) is 14.2. The molecule has 0 fully saturated rings. The van der Waals surface area contributed by atoms with Crippen LogP contribution >= 0.6 is 11.3 Å². The molecule has 3 rings (SSSR count). The van der Waals surface area contributed by atoms with Crippen molar-refractivity contribution in [3.63, 3.8) is 0 Å². The molecule has 0 bridgehead atoms. The smallest absolute Gasteiger partial charge is 0.433 e. The van der Waals surface area contributed by atoms with E-state index in [0.717, 1.165) is 12.3 Å². The molecule has 7 nitrogen and oxygen atoms in total. The standard InChI is InChI=1S/C18H17F3N6OS2/c1-4-30(28)17-14(27-16(29-17)15-23-6-5-7-24-15)10(2)26-11-8-13(18(19,20)21)25-9-12(11)22-3/h5-9,22H,4H2,1-3H3/b26-10+. The van der Waals surface area contributed by atoms with Crippen LogP contribution in [0.25, 0.3) is 10.8 Å². The van der Waals surface area contributed by atoms with Gasteiger partial charge in [0, 0.05) is 19.4 Å². The van der Waals surface area contributed by atoms with Crippen LogP contribution in [0.1, 0.15) is 25.2 Å². The predicted molar refractivity (Wildman–Crippen MR) is 111 cm³/mol. The first-order valence-corrected chi connectivity index (χ1v) is 10.8. The van der Waals surface area contributed by atoms with E-state index >= 15 is 0 Å². The number of anilines is 1. The minimum atomic E-state index is -4.60. The van der Waals surface area contributed by atoms with Gasteiger partial charge >= 0.3 is 6.18 Å². The number of hydrogen-bond donors (Lipinski definition) is 1. The van der Waals surface area contributed by atoms with E-state index in [0.29, 0.717) is 37.9 Å². The molecule has 0 aromatic carbocycles. The van der Waals surface area contributed by atoms with Gasteiger partial charge in [-0.05, 0) is 37.2 Å². The molecule has 0 radical (unpaired) electrons. The monoisotopic (exact) mass is 454 g/mol. The van der Waals surface area contributed by atoms with Crippen LogP contribution in [0, 0.1) is 0 Å². The number of alkyl halides is 3. The lowest BCUT2D eigenvalue weighted by Gasteiger charge is -2.11. The summed E-state index contributed by atoms with van der Waals surface area (Å²) in [4.78, 5) is 20.6. The Morgan fingerprint density at radius 1 is 1.27 bits per heavy atom. The SMILES string of the molecule is CC[S+]([O-])c1sc(-c2ncccn2)nc1/C(C)=N/c1cc(C(F)(F)F)ncc1NC. The number of rotatable bonds is 6. The molecule has 30 heavy (non-hydrogen) atoms. The second-order valence-corrected chi connectivity index (χ2v) is 8.83. The van der Waals surface area contributed by atoms with Crippen molar-refractivity contribution < 1.29 is 17.7 Å². The molecule has 12 heteroatoms. The highest BCUT2D eigenvalue weighted by Gasteiger charge is 2.33. The van der Waals surface area contributed by atoms with E-state index in [9.17, 15) is 17.7 Å². The number of hydrogen-bond acceptors (Lipinski definition) is 8. The molecule has 0 aliphatic rings. The van der Waals surface area contributed by atoms with Crippen molar-refractivity contribution in [2.45, 2.75) is 24.2 Å². The lowest BCUT2D eigenvalue weighted by atomic mass is 10.2. The van der Waals surface area contributed by atoms with Crippen molar-refractivity contribution in [2.24, 2.45) is 4.99 Å². The maximum atomic E-state index is 13.1. The lowest BCUT2D eigenvalue weighted by Crippen LogP contribution is -2.09. The zero-order chi connectivity index (χ0) is 21.9. The average molecular weight is 455 g/mol. The van der Waals surface area contributed by atoms with Crippen LogP contribution in [0.15, 0.2) is 39.9 Å². The van der Waals surface area contributed by atoms with Crippen molar-refractivity contribution in [3.05, 3.63) is 42.1 Å². The largest absolute Gasteiger partial charge is 0.611 e. The van der Waals surface area contributed by atoms with Crippen LogP contribution in [0.3, 0.4) is 0 Å². The normalized spacial score (nSPS) is 13.4. The Labute approximate surface area is 177 Å². The van der Waals surface area contributed by atoms with E-state index in [2.05, 4.69) is 30.2 Å². The molecule has 1 atom stereocenters. The Kier molecular flexibility index (Phi) is 6.68. The first-order valence-electron chi connectivity index (χ1n) is 8.71. The Morgan fingerprint density at radius 3 is 2.57 bits per heavy atom. The zero-order valence-corrected chi connectivity index (χ0v) is 17.8. The third kappa shape index (κ3) is 4.77. The molecule has 158 valence electrons. The second kappa shape index (κ2) is 9.06. The fourth-order valence-electron chi connectivity index (χ4n) is 2.44. The van der Waals surface area contributed by atoms with Crippen LogP contribution in [0.5, 0.6) is 0 Å². The van der Waals surface area contributed by atoms with E-state index in [-0.39, 0.29) is 5.69 Å². The number of nitrogens with zero attached hydrogens (tertiary/aromatic N) is 5. The van der Waals surface area contributed by atoms with E-state index in [1.807, 2.05) is 0 Å². The summed E-state index contributed by atoms with van der Waals surface area (Å²) >= 11 is -0.171. The molecule has 3 aromatic rings. The third-order valence-corrected chi connectivity index (χ3v) is 6.68. The van der Waals surface area contributed by atoms with Gasteiger partial charge in [0.2, 0.25) is 4.21 Å². The topological polar surface area (TPSA) is 99.0 Å². The van der Waals surface area contributed by atoms with Gasteiger partial charge in [-0.15, -0.1) is 0 Å². The molecule has 1 N–H and O–H groups in total. The predicted octanol–water partition coefficient (Wildman–Crippen LogP) is 4.32. The molecular weight excluding hydrogens is 437 g/mol. The highest BCUT2D eigenvalue weighted by molar-refractivity contribution is 7.93. The summed E-state index contributed by atoms with van der Waals surface area (Å²) in [5.41, 5.74) is -0.0170. The molecular formula is C18H17F3N6OS2. The van der Waals surface area contributed by atoms with Crippen LogP contribution in [-0.2, 0) is 17.4 Å². The summed E-state index contributed by atoms with van der Waals surface area (Å²) in [6.45, 7) is 3.37. The van der Waals surface area contributed by atoms with Crippen molar-refractivity contribution in [2.75, 3.05) is 18.1 Å². The quantitative estimate of drug-likeness (QED) is 0.440. The number of aromatic nitrogens is 4. The molecule has 1 unspecified atom stereocenters. The minimum Gasteiger partial charge on any atom is -0.611 e. The van der Waals surface area contributed by atoms with E-state index in [4.69, 9.17) is 0 Å². The second-order valence-electron chi connectivity index (χ2n) is 5.89. The number of halogens is 3. The average Bonchev–Trinajstić information content (AvgIpc) is 3.19. The molecule has 0 spiro atoms. The molecule has 0 saturated carbocycles. The Bertz CT molecular complexity index is 1060. The van der Waals surface area contributed by atoms with Gasteiger partial charge in [0.15, 0.2) is 16.5 Å². The van der Waals surface area contributed by atoms with E-state index in [1.54, 1.807) is 39.4 Å². The summed E-state index contributed by atoms with van der Waals surface area (Å²) in [5, 5.41) is 3.23. The highest BCUT2D eigenvalue weighted by atomic mass is 32.2. The summed E-state index contributed by atoms with van der Waals surface area (Å²) in [7, 11) is 1.56. The van der Waals surface area contributed by atoms with E-state index in [1.165, 1.54) is 11.3 Å². The summed E-state index contributed by atoms with van der Waals surface area (Å²) in [5.74, 6) is 0.724. The van der Waals surface area contributed by atoms with Gasteiger partial charge in [-0.25, -0.2) is 24.9 Å². The van der Waals surface area contributed by atoms with Crippen molar-refractivity contribution in [1.82, 2.24) is 19.9 Å². The maximum Gasteiger partial charge on any atom is 0.433 e. The van der Waals surface area contributed by atoms with Crippen molar-refractivity contribution in [1.29, 1.82) is 0 Å². The summed E-state index contributed by atoms with van der Waals surface area (Å²) in [6.07, 6.45) is -0.395. The van der Waals surface area contributed by atoms with Crippen LogP contribution in [0.2, 0.25) is 0 Å². The number of thiazole rings is 1. The van der Waals surface area contributed by atoms with Crippen LogP contribution < -0.4 is 5.32 Å². The molecule has 0 amide bonds.